The summed E-state index contributed by atoms with van der Waals surface area (Å²) in [6.45, 7) is 2.79. The summed E-state index contributed by atoms with van der Waals surface area (Å²) in [6, 6.07) is 14.0. The van der Waals surface area contributed by atoms with Gasteiger partial charge in [0.05, 0.1) is 13.7 Å². The van der Waals surface area contributed by atoms with E-state index >= 15 is 0 Å². The van der Waals surface area contributed by atoms with E-state index in [4.69, 9.17) is 21.1 Å². The van der Waals surface area contributed by atoms with Gasteiger partial charge >= 0.3 is 0 Å². The van der Waals surface area contributed by atoms with Gasteiger partial charge in [-0.2, -0.15) is 5.26 Å². The molecule has 0 radical (unpaired) electrons. The highest BCUT2D eigenvalue weighted by Gasteiger charge is 2.11. The lowest BCUT2D eigenvalue weighted by Gasteiger charge is -2.11. The van der Waals surface area contributed by atoms with E-state index < -0.39 is 5.91 Å². The summed E-state index contributed by atoms with van der Waals surface area (Å²) in [5.74, 6) is 0.690. The molecule has 152 valence electrons. The SMILES string of the molecule is CCCCCCOc1ccc(/C=C(\C#N)C(=O)Nc2cccc(Cl)c2)cc1OC. The number of unbranched alkanes of at least 4 members (excludes halogenated alkanes) is 3. The summed E-state index contributed by atoms with van der Waals surface area (Å²) in [5, 5.41) is 12.6. The molecule has 0 saturated carbocycles. The second-order valence-corrected chi connectivity index (χ2v) is 6.89. The zero-order valence-electron chi connectivity index (χ0n) is 16.7. The van der Waals surface area contributed by atoms with Crippen molar-refractivity contribution in [3.63, 3.8) is 0 Å². The Hall–Kier alpha value is -2.97. The molecule has 0 heterocycles. The second kappa shape index (κ2) is 11.8. The minimum absolute atomic E-state index is 0.0275. The van der Waals surface area contributed by atoms with Crippen LogP contribution < -0.4 is 14.8 Å². The molecule has 0 bridgehead atoms. The van der Waals surface area contributed by atoms with Crippen LogP contribution in [0.25, 0.3) is 6.08 Å². The molecule has 1 amide bonds. The Morgan fingerprint density at radius 2 is 2.00 bits per heavy atom. The maximum absolute atomic E-state index is 12.4. The third kappa shape index (κ3) is 7.17. The molecular weight excluding hydrogens is 388 g/mol. The smallest absolute Gasteiger partial charge is 0.266 e. The van der Waals surface area contributed by atoms with Gasteiger partial charge in [-0.25, -0.2) is 0 Å². The van der Waals surface area contributed by atoms with E-state index in [0.29, 0.717) is 34.4 Å². The zero-order chi connectivity index (χ0) is 21.1. The molecule has 0 unspecified atom stereocenters. The third-order valence-corrected chi connectivity index (χ3v) is 4.44. The highest BCUT2D eigenvalue weighted by Crippen LogP contribution is 2.29. The zero-order valence-corrected chi connectivity index (χ0v) is 17.5. The fourth-order valence-electron chi connectivity index (χ4n) is 2.68. The van der Waals surface area contributed by atoms with E-state index in [9.17, 15) is 10.1 Å². The normalized spacial score (nSPS) is 10.9. The molecule has 0 aliphatic rings. The minimum atomic E-state index is -0.509. The molecule has 5 nitrogen and oxygen atoms in total. The number of nitrogens with one attached hydrogen (secondary N) is 1. The Balaban J connectivity index is 2.09. The predicted molar refractivity (Wildman–Crippen MR) is 116 cm³/mol. The van der Waals surface area contributed by atoms with E-state index in [1.165, 1.54) is 18.9 Å². The summed E-state index contributed by atoms with van der Waals surface area (Å²) in [4.78, 5) is 12.4. The quantitative estimate of drug-likeness (QED) is 0.301. The number of nitrogens with zero attached hydrogens (tertiary/aromatic N) is 1. The van der Waals surface area contributed by atoms with Crippen molar-refractivity contribution < 1.29 is 14.3 Å². The summed E-state index contributed by atoms with van der Waals surface area (Å²) in [5.41, 5.74) is 1.16. The number of hydrogen-bond acceptors (Lipinski definition) is 4. The van der Waals surface area contributed by atoms with Crippen LogP contribution in [0.4, 0.5) is 5.69 Å². The van der Waals surface area contributed by atoms with Crippen LogP contribution >= 0.6 is 11.6 Å². The Bertz CT molecular complexity index is 903. The fraction of sp³-hybridized carbons (Fsp3) is 0.304. The van der Waals surface area contributed by atoms with Gasteiger partial charge in [0.15, 0.2) is 11.5 Å². The number of hydrogen-bond donors (Lipinski definition) is 1. The molecule has 2 rings (SSSR count). The first-order valence-corrected chi connectivity index (χ1v) is 9.94. The van der Waals surface area contributed by atoms with E-state index in [0.717, 1.165) is 12.8 Å². The second-order valence-electron chi connectivity index (χ2n) is 6.45. The molecule has 0 aliphatic heterocycles. The van der Waals surface area contributed by atoms with Crippen LogP contribution in [0.2, 0.25) is 5.02 Å². The fourth-order valence-corrected chi connectivity index (χ4v) is 2.87. The molecule has 2 aromatic rings. The standard InChI is InChI=1S/C23H25ClN2O3/c1-3-4-5-6-12-29-21-11-10-17(14-22(21)28-2)13-18(16-25)23(27)26-20-9-7-8-19(24)15-20/h7-11,13-15H,3-6,12H2,1-2H3,(H,26,27)/b18-13+. The number of anilines is 1. The number of ether oxygens (including phenoxy) is 2. The van der Waals surface area contributed by atoms with Gasteiger partial charge in [0.2, 0.25) is 0 Å². The van der Waals surface area contributed by atoms with Crippen LogP contribution in [0.1, 0.15) is 38.2 Å². The number of benzene rings is 2. The highest BCUT2D eigenvalue weighted by atomic mass is 35.5. The lowest BCUT2D eigenvalue weighted by molar-refractivity contribution is -0.112. The molecule has 0 aliphatic carbocycles. The Morgan fingerprint density at radius 1 is 1.17 bits per heavy atom. The molecule has 29 heavy (non-hydrogen) atoms. The Kier molecular flexibility index (Phi) is 9.07. The molecule has 0 fully saturated rings. The van der Waals surface area contributed by atoms with E-state index in [-0.39, 0.29) is 5.57 Å². The van der Waals surface area contributed by atoms with Crippen molar-refractivity contribution >= 4 is 29.3 Å². The average Bonchev–Trinajstić information content (AvgIpc) is 2.72. The first kappa shape index (κ1) is 22.3. The Labute approximate surface area is 176 Å². The van der Waals surface area contributed by atoms with Gasteiger partial charge in [0.1, 0.15) is 11.6 Å². The minimum Gasteiger partial charge on any atom is -0.493 e. The summed E-state index contributed by atoms with van der Waals surface area (Å²) in [6.07, 6.45) is 6.00. The number of halogens is 1. The first-order chi connectivity index (χ1) is 14.1. The predicted octanol–water partition coefficient (Wildman–Crippen LogP) is 5.85. The topological polar surface area (TPSA) is 71.3 Å². The van der Waals surface area contributed by atoms with Crippen molar-refractivity contribution in [3.8, 4) is 17.6 Å². The van der Waals surface area contributed by atoms with Gasteiger partial charge < -0.3 is 14.8 Å². The summed E-state index contributed by atoms with van der Waals surface area (Å²) >= 11 is 5.92. The highest BCUT2D eigenvalue weighted by molar-refractivity contribution is 6.31. The summed E-state index contributed by atoms with van der Waals surface area (Å²) in [7, 11) is 1.56. The number of carbonyl (C=O) groups is 1. The van der Waals surface area contributed by atoms with Gasteiger partial charge in [0.25, 0.3) is 5.91 Å². The number of nitriles is 1. The van der Waals surface area contributed by atoms with Crippen molar-refractivity contribution in [1.82, 2.24) is 0 Å². The lowest BCUT2D eigenvalue weighted by atomic mass is 10.1. The molecule has 6 heteroatoms. The first-order valence-electron chi connectivity index (χ1n) is 9.57. The maximum atomic E-state index is 12.4. The van der Waals surface area contributed by atoms with Crippen molar-refractivity contribution in [2.24, 2.45) is 0 Å². The average molecular weight is 413 g/mol. The van der Waals surface area contributed by atoms with Crippen LogP contribution in [0, 0.1) is 11.3 Å². The molecular formula is C23H25ClN2O3. The van der Waals surface area contributed by atoms with Crippen molar-refractivity contribution in [2.45, 2.75) is 32.6 Å². The van der Waals surface area contributed by atoms with Crippen LogP contribution in [0.5, 0.6) is 11.5 Å². The largest absolute Gasteiger partial charge is 0.493 e. The summed E-state index contributed by atoms with van der Waals surface area (Å²) < 4.78 is 11.2. The Morgan fingerprint density at radius 3 is 2.69 bits per heavy atom. The number of rotatable bonds is 10. The van der Waals surface area contributed by atoms with Gasteiger partial charge in [0, 0.05) is 10.7 Å². The maximum Gasteiger partial charge on any atom is 0.266 e. The number of carbonyl (C=O) groups excluding carboxylic acids is 1. The van der Waals surface area contributed by atoms with Crippen LogP contribution in [-0.2, 0) is 4.79 Å². The molecule has 1 N–H and O–H groups in total. The molecule has 0 atom stereocenters. The van der Waals surface area contributed by atoms with Gasteiger partial charge in [-0.1, -0.05) is 49.9 Å². The van der Waals surface area contributed by atoms with Crippen LogP contribution in [0.3, 0.4) is 0 Å². The van der Waals surface area contributed by atoms with Crippen LogP contribution in [0.15, 0.2) is 48.0 Å². The third-order valence-electron chi connectivity index (χ3n) is 4.20. The van der Waals surface area contributed by atoms with Crippen LogP contribution in [-0.4, -0.2) is 19.6 Å². The van der Waals surface area contributed by atoms with Gasteiger partial charge in [-0.05, 0) is 48.4 Å². The van der Waals surface area contributed by atoms with Crippen molar-refractivity contribution in [3.05, 3.63) is 58.6 Å². The molecule has 0 aromatic heterocycles. The number of amides is 1. The van der Waals surface area contributed by atoms with Gasteiger partial charge in [-0.3, -0.25) is 4.79 Å². The molecule has 0 saturated heterocycles. The monoisotopic (exact) mass is 412 g/mol. The molecule has 2 aromatic carbocycles. The van der Waals surface area contributed by atoms with E-state index in [1.54, 1.807) is 49.6 Å². The lowest BCUT2D eigenvalue weighted by Crippen LogP contribution is -2.13. The molecule has 0 spiro atoms. The number of methoxy groups -OCH3 is 1. The van der Waals surface area contributed by atoms with Gasteiger partial charge in [-0.15, -0.1) is 0 Å². The van der Waals surface area contributed by atoms with Crippen molar-refractivity contribution in [1.29, 1.82) is 5.26 Å². The van der Waals surface area contributed by atoms with E-state index in [1.807, 2.05) is 6.07 Å². The van der Waals surface area contributed by atoms with E-state index in [2.05, 4.69) is 12.2 Å². The van der Waals surface area contributed by atoms with Crippen molar-refractivity contribution in [2.75, 3.05) is 19.0 Å².